The maximum Gasteiger partial charge on any atom is 0.351 e. The van der Waals surface area contributed by atoms with Crippen LogP contribution in [0.25, 0.3) is 11.1 Å². The Morgan fingerprint density at radius 1 is 1.25 bits per heavy atom. The van der Waals surface area contributed by atoms with Crippen LogP contribution >= 0.6 is 22.9 Å². The number of aliphatic carboxylic acids is 1. The summed E-state index contributed by atoms with van der Waals surface area (Å²) < 4.78 is 44.6. The number of aryl methyl sites for hydroxylation is 1. The second-order valence-corrected chi connectivity index (χ2v) is 13.3. The standard InChI is InChI=1S/C27H31ClN8O10S2/c1-27(2)21(24(38)36(27)46-48(41,42)43)33-23(37)20(19-22(28)47-26(30)32-19)34-45-17(25(39)40)13-44-16-7-4-14(5-8-16)15-6-9-18(31-11-10-29)35(3)12-15/h4-9,12,17,21H,10-11,13,29H2,1-3H3,(H5,30,32,33,37,39,40,41,42,43)/b34-20-/t17-,21+/m0/s1. The number of rotatable bonds is 15. The zero-order valence-corrected chi connectivity index (χ0v) is 28.0. The molecule has 3 aromatic rings. The molecule has 258 valence electrons. The van der Waals surface area contributed by atoms with Crippen LogP contribution in [0.3, 0.4) is 0 Å². The van der Waals surface area contributed by atoms with E-state index in [1.165, 1.54) is 13.8 Å². The number of anilines is 2. The number of halogens is 1. The second-order valence-electron chi connectivity index (χ2n) is 10.7. The van der Waals surface area contributed by atoms with Gasteiger partial charge in [-0.3, -0.25) is 14.9 Å². The number of carboxylic acids is 1. The van der Waals surface area contributed by atoms with Crippen LogP contribution in [0, 0.1) is 0 Å². The number of amides is 2. The van der Waals surface area contributed by atoms with E-state index in [1.807, 2.05) is 29.9 Å². The molecular weight excluding hydrogens is 696 g/mol. The number of hydroxylamine groups is 2. The van der Waals surface area contributed by atoms with Crippen molar-refractivity contribution in [3.8, 4) is 16.9 Å². The van der Waals surface area contributed by atoms with E-state index < -0.39 is 58.2 Å². The summed E-state index contributed by atoms with van der Waals surface area (Å²) in [4.78, 5) is 46.9. The number of thiazole rings is 1. The van der Waals surface area contributed by atoms with Gasteiger partial charge in [-0.2, -0.15) is 9.35 Å². The number of β-lactam (4-membered cyclic amide) rings is 1. The van der Waals surface area contributed by atoms with Crippen LogP contribution in [0.1, 0.15) is 19.5 Å². The molecule has 1 saturated heterocycles. The van der Waals surface area contributed by atoms with Gasteiger partial charge in [0.1, 0.15) is 28.4 Å². The van der Waals surface area contributed by atoms with Crippen LogP contribution in [-0.2, 0) is 41.0 Å². The average Bonchev–Trinajstić information content (AvgIpc) is 3.35. The third kappa shape index (κ3) is 8.45. The lowest BCUT2D eigenvalue weighted by atomic mass is 9.84. The highest BCUT2D eigenvalue weighted by Crippen LogP contribution is 2.33. The molecule has 18 nitrogen and oxygen atoms in total. The molecule has 48 heavy (non-hydrogen) atoms. The number of nitrogen functional groups attached to an aromatic ring is 1. The molecule has 0 saturated carbocycles. The minimum absolute atomic E-state index is 0.0645. The number of ether oxygens (including phenoxy) is 1. The largest absolute Gasteiger partial charge is 0.724 e. The molecule has 2 atom stereocenters. The SMILES string of the molecule is C[n+]1cc(-c2ccc(OC[C@H](O/N=C(\C(=O)N[C@@H]3C(=O)N(OS(=O)(=O)[O-])C3(C)C)c3nc(N)sc3Cl)C(=O)O)cc2)ccc1NCCN. The molecule has 4 rings (SSSR count). The molecule has 0 aliphatic carbocycles. The smallest absolute Gasteiger partial charge is 0.351 e. The summed E-state index contributed by atoms with van der Waals surface area (Å²) in [6, 6.07) is 9.29. The van der Waals surface area contributed by atoms with Crippen LogP contribution in [0.5, 0.6) is 5.75 Å². The Bertz CT molecular complexity index is 1840. The molecule has 3 heterocycles. The van der Waals surface area contributed by atoms with Crippen molar-refractivity contribution in [1.82, 2.24) is 15.4 Å². The summed E-state index contributed by atoms with van der Waals surface area (Å²) in [5.74, 6) is -2.46. The van der Waals surface area contributed by atoms with Crippen molar-refractivity contribution >= 4 is 67.8 Å². The zero-order chi connectivity index (χ0) is 35.4. The molecule has 0 radical (unpaired) electrons. The predicted octanol–water partition coefficient (Wildman–Crippen LogP) is -0.00890. The van der Waals surface area contributed by atoms with Gasteiger partial charge in [-0.25, -0.2) is 22.8 Å². The van der Waals surface area contributed by atoms with Crippen LogP contribution in [-0.4, -0.2) is 89.0 Å². The molecule has 21 heteroatoms. The molecule has 1 aliphatic rings. The predicted molar refractivity (Wildman–Crippen MR) is 170 cm³/mol. The maximum atomic E-state index is 13.3. The number of nitrogens with one attached hydrogen (secondary N) is 2. The van der Waals surface area contributed by atoms with Crippen LogP contribution < -0.4 is 31.4 Å². The molecule has 2 aromatic heterocycles. The first-order chi connectivity index (χ1) is 22.5. The van der Waals surface area contributed by atoms with Crippen LogP contribution in [0.2, 0.25) is 4.34 Å². The second kappa shape index (κ2) is 14.7. The Hall–Kier alpha value is -4.60. The van der Waals surface area contributed by atoms with E-state index in [0.29, 0.717) is 23.9 Å². The van der Waals surface area contributed by atoms with Crippen molar-refractivity contribution in [3.63, 3.8) is 0 Å². The molecule has 0 unspecified atom stereocenters. The fourth-order valence-corrected chi connectivity index (χ4v) is 5.79. The molecule has 1 aromatic carbocycles. The number of pyridine rings is 1. The van der Waals surface area contributed by atoms with E-state index in [-0.39, 0.29) is 15.2 Å². The molecule has 2 amide bonds. The number of carbonyl (C=O) groups excluding carboxylic acids is 2. The summed E-state index contributed by atoms with van der Waals surface area (Å²) in [6.45, 7) is 3.21. The Balaban J connectivity index is 1.47. The normalized spacial score (nSPS) is 16.5. The van der Waals surface area contributed by atoms with Gasteiger partial charge >= 0.3 is 5.97 Å². The third-order valence-corrected chi connectivity index (χ3v) is 8.29. The monoisotopic (exact) mass is 726 g/mol. The van der Waals surface area contributed by atoms with E-state index in [2.05, 4.69) is 25.1 Å². The van der Waals surface area contributed by atoms with E-state index in [1.54, 1.807) is 24.3 Å². The lowest BCUT2D eigenvalue weighted by molar-refractivity contribution is -0.656. The number of carboxylic acid groups (broad SMARTS) is 1. The summed E-state index contributed by atoms with van der Waals surface area (Å²) >= 11 is 6.96. The Morgan fingerprint density at radius 3 is 2.46 bits per heavy atom. The van der Waals surface area contributed by atoms with Gasteiger partial charge in [-0.05, 0) is 37.6 Å². The lowest BCUT2D eigenvalue weighted by Crippen LogP contribution is -2.76. The molecule has 7 N–H and O–H groups in total. The van der Waals surface area contributed by atoms with Crippen LogP contribution in [0.4, 0.5) is 10.9 Å². The van der Waals surface area contributed by atoms with Gasteiger partial charge in [0.15, 0.2) is 10.8 Å². The number of hydrogen-bond acceptors (Lipinski definition) is 15. The minimum atomic E-state index is -5.29. The summed E-state index contributed by atoms with van der Waals surface area (Å²) in [7, 11) is -3.40. The number of oxime groups is 1. The fourth-order valence-electron chi connectivity index (χ4n) is 4.41. The van der Waals surface area contributed by atoms with Crippen molar-refractivity contribution in [2.75, 3.05) is 30.7 Å². The van der Waals surface area contributed by atoms with E-state index >= 15 is 0 Å². The van der Waals surface area contributed by atoms with E-state index in [0.717, 1.165) is 28.3 Å². The quantitative estimate of drug-likeness (QED) is 0.0345. The first-order valence-corrected chi connectivity index (χ1v) is 16.4. The zero-order valence-electron chi connectivity index (χ0n) is 25.6. The fraction of sp³-hybridized carbons (Fsp3) is 0.333. The maximum absolute atomic E-state index is 13.3. The number of aromatic nitrogens is 2. The van der Waals surface area contributed by atoms with E-state index in [4.69, 9.17) is 32.6 Å². The van der Waals surface area contributed by atoms with Crippen molar-refractivity contribution in [1.29, 1.82) is 0 Å². The highest BCUT2D eigenvalue weighted by atomic mass is 35.5. The van der Waals surface area contributed by atoms with Crippen molar-refractivity contribution < 1.29 is 50.9 Å². The number of benzene rings is 1. The molecule has 1 aliphatic heterocycles. The minimum Gasteiger partial charge on any atom is -0.724 e. The van der Waals surface area contributed by atoms with Crippen LogP contribution in [0.15, 0.2) is 47.8 Å². The first-order valence-electron chi connectivity index (χ1n) is 13.9. The molecule has 1 fully saturated rings. The highest BCUT2D eigenvalue weighted by Gasteiger charge is 2.57. The molecule has 0 spiro atoms. The average molecular weight is 727 g/mol. The summed E-state index contributed by atoms with van der Waals surface area (Å²) in [6.07, 6.45) is 0.197. The van der Waals surface area contributed by atoms with Gasteiger partial charge in [0, 0.05) is 18.2 Å². The van der Waals surface area contributed by atoms with E-state index in [9.17, 15) is 32.5 Å². The van der Waals surface area contributed by atoms with Gasteiger partial charge in [-0.15, -0.1) is 0 Å². The van der Waals surface area contributed by atoms with Crippen molar-refractivity contribution in [2.24, 2.45) is 17.9 Å². The van der Waals surface area contributed by atoms with Gasteiger partial charge < -0.3 is 36.0 Å². The van der Waals surface area contributed by atoms with Gasteiger partial charge in [-0.1, -0.05) is 40.2 Å². The van der Waals surface area contributed by atoms with Crippen molar-refractivity contribution in [2.45, 2.75) is 31.5 Å². The summed E-state index contributed by atoms with van der Waals surface area (Å²) in [5.41, 5.74) is 10.6. The number of carbonyl (C=O) groups is 3. The molecular formula is C27H31ClN8O10S2. The third-order valence-electron chi connectivity index (χ3n) is 6.88. The Kier molecular flexibility index (Phi) is 11.1. The lowest BCUT2D eigenvalue weighted by Gasteiger charge is -2.51. The molecule has 0 bridgehead atoms. The highest BCUT2D eigenvalue weighted by molar-refractivity contribution is 7.80. The van der Waals surface area contributed by atoms with Gasteiger partial charge in [0.2, 0.25) is 10.4 Å². The van der Waals surface area contributed by atoms with Crippen molar-refractivity contribution in [3.05, 3.63) is 52.6 Å². The number of nitrogens with zero attached hydrogens (tertiary/aromatic N) is 4. The number of nitrogens with two attached hydrogens (primary N) is 2. The Labute approximate surface area is 283 Å². The number of hydrogen-bond donors (Lipinski definition) is 5. The Morgan fingerprint density at radius 2 is 1.92 bits per heavy atom. The first kappa shape index (κ1) is 36.2. The summed E-state index contributed by atoms with van der Waals surface area (Å²) in [5, 5.41) is 19.2. The van der Waals surface area contributed by atoms with Gasteiger partial charge in [0.05, 0.1) is 25.3 Å². The topological polar surface area (TPSA) is 265 Å². The van der Waals surface area contributed by atoms with Gasteiger partial charge in [0.25, 0.3) is 23.7 Å².